The molecule has 27 heavy (non-hydrogen) atoms. The van der Waals surface area contributed by atoms with Crippen LogP contribution in [0.25, 0.3) is 0 Å². The molecule has 4 N–H and O–H groups in total. The van der Waals surface area contributed by atoms with Gasteiger partial charge in [-0.1, -0.05) is 46.4 Å². The molecule has 0 saturated carbocycles. The molecule has 0 bridgehead atoms. The molecule has 0 aromatic heterocycles. The SMILES string of the molecule is C=C(C)C(=O)O.C=C(C)C(=O)O.C=C(C)C(=O)O.CCCCCONCC. The quantitative estimate of drug-likeness (QED) is 0.267. The minimum absolute atomic E-state index is 0.176. The highest BCUT2D eigenvalue weighted by Gasteiger charge is 1.91. The Morgan fingerprint density at radius 3 is 1.26 bits per heavy atom. The molecule has 0 aliphatic carbocycles. The van der Waals surface area contributed by atoms with Crippen molar-refractivity contribution in [1.82, 2.24) is 5.48 Å². The van der Waals surface area contributed by atoms with Gasteiger partial charge in [-0.3, -0.25) is 0 Å². The molecule has 0 aliphatic heterocycles. The van der Waals surface area contributed by atoms with Crippen LogP contribution in [-0.2, 0) is 19.2 Å². The Morgan fingerprint density at radius 1 is 0.778 bits per heavy atom. The van der Waals surface area contributed by atoms with Gasteiger partial charge in [-0.2, -0.15) is 0 Å². The fourth-order valence-corrected chi connectivity index (χ4v) is 0.598. The lowest BCUT2D eigenvalue weighted by Crippen LogP contribution is -2.13. The second kappa shape index (κ2) is 23.5. The van der Waals surface area contributed by atoms with Crippen molar-refractivity contribution >= 4 is 17.9 Å². The Morgan fingerprint density at radius 2 is 1.07 bits per heavy atom. The third-order valence-corrected chi connectivity index (χ3v) is 2.19. The summed E-state index contributed by atoms with van der Waals surface area (Å²) < 4.78 is 0. The van der Waals surface area contributed by atoms with Crippen LogP contribution < -0.4 is 5.48 Å². The first kappa shape index (κ1) is 32.2. The van der Waals surface area contributed by atoms with E-state index in [0.29, 0.717) is 0 Å². The van der Waals surface area contributed by atoms with Crippen LogP contribution in [-0.4, -0.2) is 46.4 Å². The zero-order chi connectivity index (χ0) is 22.4. The zero-order valence-corrected chi connectivity index (χ0v) is 17.1. The van der Waals surface area contributed by atoms with Gasteiger partial charge < -0.3 is 20.2 Å². The molecule has 0 spiro atoms. The summed E-state index contributed by atoms with van der Waals surface area (Å²) in [5.74, 6) is -2.81. The molecule has 0 aliphatic rings. The van der Waals surface area contributed by atoms with Crippen molar-refractivity contribution in [3.05, 3.63) is 36.5 Å². The molecule has 0 aromatic rings. The second-order valence-corrected chi connectivity index (χ2v) is 5.31. The summed E-state index contributed by atoms with van der Waals surface area (Å²) in [4.78, 5) is 33.8. The van der Waals surface area contributed by atoms with Crippen LogP contribution in [0.4, 0.5) is 0 Å². The molecular weight excluding hydrogens is 354 g/mol. The fourth-order valence-electron chi connectivity index (χ4n) is 0.598. The topological polar surface area (TPSA) is 133 Å². The summed E-state index contributed by atoms with van der Waals surface area (Å²) in [5.41, 5.74) is 3.33. The number of hydroxylamine groups is 1. The van der Waals surface area contributed by atoms with E-state index in [1.54, 1.807) is 0 Å². The summed E-state index contributed by atoms with van der Waals surface area (Å²) in [7, 11) is 0. The van der Waals surface area contributed by atoms with Crippen LogP contribution in [0.15, 0.2) is 36.5 Å². The largest absolute Gasteiger partial charge is 0.478 e. The molecular formula is C19H35NO7. The third-order valence-electron chi connectivity index (χ3n) is 2.19. The Bertz CT molecular complexity index is 372. The first-order chi connectivity index (χ1) is 12.3. The number of hydrogen-bond donors (Lipinski definition) is 4. The predicted molar refractivity (Wildman–Crippen MR) is 107 cm³/mol. The summed E-state index contributed by atoms with van der Waals surface area (Å²) in [6.45, 7) is 19.8. The highest BCUT2D eigenvalue weighted by molar-refractivity contribution is 5.85. The minimum atomic E-state index is -0.935. The molecule has 0 amide bonds. The fraction of sp³-hybridized carbons (Fsp3) is 0.526. The monoisotopic (exact) mass is 389 g/mol. The van der Waals surface area contributed by atoms with Crippen LogP contribution >= 0.6 is 0 Å². The van der Waals surface area contributed by atoms with Gasteiger partial charge in [0.2, 0.25) is 0 Å². The number of carboxylic acids is 3. The van der Waals surface area contributed by atoms with Crippen molar-refractivity contribution in [2.75, 3.05) is 13.2 Å². The lowest BCUT2D eigenvalue weighted by atomic mass is 10.3. The number of hydrogen-bond acceptors (Lipinski definition) is 5. The van der Waals surface area contributed by atoms with E-state index in [0.717, 1.165) is 13.2 Å². The van der Waals surface area contributed by atoms with E-state index in [9.17, 15) is 14.4 Å². The summed E-state index contributed by atoms with van der Waals surface area (Å²) >= 11 is 0. The third kappa shape index (κ3) is 45.2. The molecule has 0 atom stereocenters. The van der Waals surface area contributed by atoms with Gasteiger partial charge in [0.25, 0.3) is 0 Å². The Balaban J connectivity index is -0.000000133. The van der Waals surface area contributed by atoms with Crippen LogP contribution in [0.2, 0.25) is 0 Å². The summed E-state index contributed by atoms with van der Waals surface area (Å²) in [5, 5.41) is 23.7. The predicted octanol–water partition coefficient (Wildman–Crippen LogP) is 3.66. The van der Waals surface area contributed by atoms with Crippen molar-refractivity contribution in [2.45, 2.75) is 53.9 Å². The maximum Gasteiger partial charge on any atom is 0.330 e. The van der Waals surface area contributed by atoms with E-state index >= 15 is 0 Å². The van der Waals surface area contributed by atoms with Gasteiger partial charge in [-0.25, -0.2) is 19.9 Å². The minimum Gasteiger partial charge on any atom is -0.478 e. The Kier molecular flexibility index (Phi) is 28.1. The average Bonchev–Trinajstić information content (AvgIpc) is 2.56. The average molecular weight is 389 g/mol. The highest BCUT2D eigenvalue weighted by atomic mass is 16.6. The normalized spacial score (nSPS) is 8.33. The van der Waals surface area contributed by atoms with E-state index in [1.165, 1.54) is 40.0 Å². The van der Waals surface area contributed by atoms with Crippen LogP contribution in [0.1, 0.15) is 53.9 Å². The molecule has 0 rings (SSSR count). The molecule has 158 valence electrons. The number of rotatable bonds is 9. The van der Waals surface area contributed by atoms with Gasteiger partial charge in [0.1, 0.15) is 0 Å². The Hall–Kier alpha value is -2.45. The molecule has 8 nitrogen and oxygen atoms in total. The molecule has 0 fully saturated rings. The van der Waals surface area contributed by atoms with E-state index in [-0.39, 0.29) is 16.7 Å². The van der Waals surface area contributed by atoms with Crippen LogP contribution in [0, 0.1) is 0 Å². The lowest BCUT2D eigenvalue weighted by Gasteiger charge is -2.00. The van der Waals surface area contributed by atoms with E-state index in [1.807, 2.05) is 6.92 Å². The molecule has 0 aromatic carbocycles. The van der Waals surface area contributed by atoms with Crippen LogP contribution in [0.5, 0.6) is 0 Å². The second-order valence-electron chi connectivity index (χ2n) is 5.31. The van der Waals surface area contributed by atoms with Crippen molar-refractivity contribution in [2.24, 2.45) is 0 Å². The summed E-state index contributed by atoms with van der Waals surface area (Å²) in [6.07, 6.45) is 3.70. The van der Waals surface area contributed by atoms with E-state index in [4.69, 9.17) is 20.2 Å². The van der Waals surface area contributed by atoms with Gasteiger partial charge in [-0.15, -0.1) is 0 Å². The molecule has 0 unspecified atom stereocenters. The number of nitrogens with one attached hydrogen (secondary N) is 1. The highest BCUT2D eigenvalue weighted by Crippen LogP contribution is 1.92. The first-order valence-electron chi connectivity index (χ1n) is 8.35. The number of aliphatic carboxylic acids is 3. The molecule has 8 heteroatoms. The number of carboxylic acid groups (broad SMARTS) is 3. The van der Waals surface area contributed by atoms with Gasteiger partial charge in [-0.05, 0) is 27.2 Å². The van der Waals surface area contributed by atoms with Crippen molar-refractivity contribution in [3.63, 3.8) is 0 Å². The number of carbonyl (C=O) groups is 3. The molecule has 0 heterocycles. The number of unbranched alkanes of at least 4 members (excludes halogenated alkanes) is 2. The zero-order valence-electron chi connectivity index (χ0n) is 17.1. The maximum absolute atomic E-state index is 9.60. The van der Waals surface area contributed by atoms with Gasteiger partial charge in [0.05, 0.1) is 6.61 Å². The van der Waals surface area contributed by atoms with Crippen molar-refractivity contribution < 1.29 is 34.5 Å². The molecule has 0 saturated heterocycles. The van der Waals surface area contributed by atoms with E-state index in [2.05, 4.69) is 32.1 Å². The van der Waals surface area contributed by atoms with Gasteiger partial charge in [0.15, 0.2) is 0 Å². The van der Waals surface area contributed by atoms with E-state index < -0.39 is 17.9 Å². The first-order valence-corrected chi connectivity index (χ1v) is 8.35. The standard InChI is InChI=1S/C7H17NO.3C4H6O2/c1-3-5-6-7-9-8-4-2;3*1-3(2)4(5)6/h8H,3-7H2,1-2H3;3*1H2,2H3,(H,5,6). The van der Waals surface area contributed by atoms with Crippen molar-refractivity contribution in [1.29, 1.82) is 0 Å². The van der Waals surface area contributed by atoms with Gasteiger partial charge in [0, 0.05) is 23.3 Å². The summed E-state index contributed by atoms with van der Waals surface area (Å²) in [6, 6.07) is 0. The van der Waals surface area contributed by atoms with Gasteiger partial charge >= 0.3 is 17.9 Å². The smallest absolute Gasteiger partial charge is 0.330 e. The van der Waals surface area contributed by atoms with Crippen molar-refractivity contribution in [3.8, 4) is 0 Å². The lowest BCUT2D eigenvalue weighted by molar-refractivity contribution is -0.133. The van der Waals surface area contributed by atoms with Crippen LogP contribution in [0.3, 0.4) is 0 Å². The maximum atomic E-state index is 9.60. The Labute approximate surface area is 162 Å². The molecule has 0 radical (unpaired) electrons.